The van der Waals surface area contributed by atoms with Crippen molar-refractivity contribution in [3.05, 3.63) is 178 Å². The predicted octanol–water partition coefficient (Wildman–Crippen LogP) is 9.78. The molecule has 1 atom stereocenters. The standard InChI is InChI=1S/C26H24N6O2.C22H20N4O2.C4H3BrN2/c1-15-22(16(2)34-31-15)18-13-19(23-20(14-18)30-24(32(23)3)17-8-9-17)26(33,21-7-4-5-10-27-21)25-28-11-6-12-29-25;1-12-19(13(2)28-25-12)15-10-16(21(27)17-6-4-5-9-23-17)20-18(11-15)24-22(26(20)3)14-7-8-14;5-4-6-2-1-3-7-4/h4-7,10-14,17,33H,8-9H2,1-3H3;4-6,9-11,14H,7-8H2,1-3H3;1-3H. The molecule has 17 heteroatoms. The van der Waals surface area contributed by atoms with E-state index in [-0.39, 0.29) is 11.6 Å². The number of pyridine rings is 2. The van der Waals surface area contributed by atoms with Crippen molar-refractivity contribution in [2.45, 2.75) is 70.8 Å². The summed E-state index contributed by atoms with van der Waals surface area (Å²) < 4.78 is 15.6. The van der Waals surface area contributed by atoms with E-state index in [2.05, 4.69) is 65.3 Å². The molecule has 0 saturated heterocycles. The van der Waals surface area contributed by atoms with Gasteiger partial charge in [0.25, 0.3) is 0 Å². The lowest BCUT2D eigenvalue weighted by Crippen LogP contribution is -2.33. The van der Waals surface area contributed by atoms with Crippen LogP contribution >= 0.6 is 15.9 Å². The molecular weight excluding hydrogens is 937 g/mol. The van der Waals surface area contributed by atoms with Crippen molar-refractivity contribution in [2.24, 2.45) is 14.1 Å². The summed E-state index contributed by atoms with van der Waals surface area (Å²) in [5.41, 5.74) is 8.81. The van der Waals surface area contributed by atoms with Gasteiger partial charge >= 0.3 is 0 Å². The molecule has 1 unspecified atom stereocenters. The van der Waals surface area contributed by atoms with Gasteiger partial charge in [0.05, 0.1) is 44.7 Å². The average Bonchev–Trinajstić information content (AvgIpc) is 4.29. The quantitative estimate of drug-likeness (QED) is 0.106. The lowest BCUT2D eigenvalue weighted by atomic mass is 9.85. The van der Waals surface area contributed by atoms with Gasteiger partial charge < -0.3 is 23.3 Å². The van der Waals surface area contributed by atoms with E-state index in [9.17, 15) is 9.90 Å². The van der Waals surface area contributed by atoms with Crippen LogP contribution in [0, 0.1) is 27.7 Å². The number of carbonyl (C=O) groups excluding carboxylic acids is 1. The largest absolute Gasteiger partial charge is 0.372 e. The lowest BCUT2D eigenvalue weighted by molar-refractivity contribution is 0.103. The van der Waals surface area contributed by atoms with Crippen LogP contribution in [0.1, 0.15) is 105 Å². The molecule has 16 nitrogen and oxygen atoms in total. The van der Waals surface area contributed by atoms with E-state index in [1.165, 1.54) is 0 Å². The Balaban J connectivity index is 0.000000142. The topological polar surface area (TPSA) is 202 Å². The first-order valence-electron chi connectivity index (χ1n) is 22.6. The molecule has 12 rings (SSSR count). The Morgan fingerprint density at radius 1 is 0.638 bits per heavy atom. The van der Waals surface area contributed by atoms with Gasteiger partial charge in [-0.25, -0.2) is 29.9 Å². The summed E-state index contributed by atoms with van der Waals surface area (Å²) in [6.45, 7) is 7.59. The number of aryl methyl sites for hydroxylation is 6. The summed E-state index contributed by atoms with van der Waals surface area (Å²) in [4.78, 5) is 48.5. The van der Waals surface area contributed by atoms with Crippen LogP contribution in [-0.2, 0) is 19.7 Å². The summed E-state index contributed by atoms with van der Waals surface area (Å²) in [6, 6.07) is 22.3. The number of benzene rings is 2. The van der Waals surface area contributed by atoms with Crippen LogP contribution in [0.5, 0.6) is 0 Å². The number of carbonyl (C=O) groups is 1. The number of hydrogen-bond acceptors (Lipinski definition) is 14. The second-order valence-electron chi connectivity index (χ2n) is 17.3. The number of fused-ring (bicyclic) bond motifs is 2. The van der Waals surface area contributed by atoms with Gasteiger partial charge in [-0.2, -0.15) is 0 Å². The Labute approximate surface area is 405 Å². The third-order valence-electron chi connectivity index (χ3n) is 12.5. The average molecular weight is 984 g/mol. The molecule has 0 radical (unpaired) electrons. The monoisotopic (exact) mass is 982 g/mol. The van der Waals surface area contributed by atoms with Gasteiger partial charge in [-0.05, 0) is 141 Å². The van der Waals surface area contributed by atoms with Gasteiger partial charge in [-0.15, -0.1) is 0 Å². The van der Waals surface area contributed by atoms with Crippen molar-refractivity contribution in [1.29, 1.82) is 0 Å². The molecule has 10 aromatic rings. The molecule has 0 spiro atoms. The van der Waals surface area contributed by atoms with E-state index in [0.29, 0.717) is 44.8 Å². The minimum absolute atomic E-state index is 0.107. The van der Waals surface area contributed by atoms with Crippen molar-refractivity contribution >= 4 is 43.8 Å². The number of nitrogens with zero attached hydrogens (tertiary/aromatic N) is 12. The van der Waals surface area contributed by atoms with Crippen molar-refractivity contribution < 1.29 is 18.9 Å². The molecule has 0 bridgehead atoms. The minimum atomic E-state index is -1.70. The Morgan fingerprint density at radius 2 is 1.14 bits per heavy atom. The number of ketones is 1. The molecular formula is C52H47BrN12O4. The molecule has 346 valence electrons. The van der Waals surface area contributed by atoms with Crippen LogP contribution in [-0.4, -0.2) is 70.2 Å². The Bertz CT molecular complexity index is 3400. The number of aromatic nitrogens is 12. The fourth-order valence-corrected chi connectivity index (χ4v) is 9.27. The first-order chi connectivity index (χ1) is 33.4. The zero-order valence-electron chi connectivity index (χ0n) is 38.8. The third kappa shape index (κ3) is 8.63. The van der Waals surface area contributed by atoms with Crippen LogP contribution in [0.25, 0.3) is 44.3 Å². The van der Waals surface area contributed by atoms with E-state index in [1.807, 2.05) is 90.3 Å². The summed E-state index contributed by atoms with van der Waals surface area (Å²) in [7, 11) is 4.00. The third-order valence-corrected chi connectivity index (χ3v) is 12.9. The summed E-state index contributed by atoms with van der Waals surface area (Å²) in [5.74, 6) is 4.56. The molecule has 0 aliphatic heterocycles. The number of imidazole rings is 2. The highest BCUT2D eigenvalue weighted by Crippen LogP contribution is 2.46. The predicted molar refractivity (Wildman–Crippen MR) is 261 cm³/mol. The second kappa shape index (κ2) is 18.5. The Kier molecular flexibility index (Phi) is 12.1. The van der Waals surface area contributed by atoms with Gasteiger partial charge in [0.1, 0.15) is 28.9 Å². The molecule has 2 aliphatic carbocycles. The maximum Gasteiger partial charge on any atom is 0.213 e. The fraction of sp³-hybridized carbons (Fsp3) is 0.250. The second-order valence-corrected chi connectivity index (χ2v) is 18.1. The molecule has 2 saturated carbocycles. The first kappa shape index (κ1) is 45.2. The zero-order valence-corrected chi connectivity index (χ0v) is 40.4. The van der Waals surface area contributed by atoms with E-state index in [0.717, 1.165) is 98.8 Å². The van der Waals surface area contributed by atoms with Crippen LogP contribution in [0.4, 0.5) is 0 Å². The summed E-state index contributed by atoms with van der Waals surface area (Å²) in [5, 5.41) is 20.7. The van der Waals surface area contributed by atoms with Gasteiger partial charge in [0.2, 0.25) is 5.78 Å². The molecule has 8 heterocycles. The summed E-state index contributed by atoms with van der Waals surface area (Å²) >= 11 is 3.09. The fourth-order valence-electron chi connectivity index (χ4n) is 9.03. The van der Waals surface area contributed by atoms with E-state index in [4.69, 9.17) is 19.0 Å². The van der Waals surface area contributed by atoms with Crippen molar-refractivity contribution in [2.75, 3.05) is 0 Å². The SMILES string of the molecule is Brc1ncccn1.Cc1noc(C)c1-c1cc(C(=O)c2ccccn2)c2c(c1)nc(C1CC1)n2C.Cc1noc(C)c1-c1cc(C(O)(c2ccccn2)c2ncccn2)c2c(c1)nc(C1CC1)n2C. The van der Waals surface area contributed by atoms with Gasteiger partial charge in [-0.3, -0.25) is 14.8 Å². The van der Waals surface area contributed by atoms with Crippen LogP contribution < -0.4 is 0 Å². The number of rotatable bonds is 9. The molecule has 2 aliphatic rings. The van der Waals surface area contributed by atoms with Crippen LogP contribution in [0.2, 0.25) is 0 Å². The highest BCUT2D eigenvalue weighted by Gasteiger charge is 2.42. The molecule has 1 N–H and O–H groups in total. The van der Waals surface area contributed by atoms with Crippen LogP contribution in [0.3, 0.4) is 0 Å². The van der Waals surface area contributed by atoms with Gasteiger partial charge in [0.15, 0.2) is 16.2 Å². The molecule has 0 amide bonds. The summed E-state index contributed by atoms with van der Waals surface area (Å²) in [6.07, 6.45) is 14.5. The van der Waals surface area contributed by atoms with E-state index in [1.54, 1.807) is 61.4 Å². The first-order valence-corrected chi connectivity index (χ1v) is 23.4. The number of hydrogen-bond donors (Lipinski definition) is 1. The van der Waals surface area contributed by atoms with E-state index >= 15 is 0 Å². The Morgan fingerprint density at radius 3 is 1.62 bits per heavy atom. The molecule has 69 heavy (non-hydrogen) atoms. The Hall–Kier alpha value is -7.63. The minimum Gasteiger partial charge on any atom is -0.372 e. The van der Waals surface area contributed by atoms with Crippen molar-refractivity contribution in [3.63, 3.8) is 0 Å². The number of halogens is 1. The van der Waals surface area contributed by atoms with Crippen molar-refractivity contribution in [3.8, 4) is 22.3 Å². The maximum atomic E-state index is 13.4. The molecule has 8 aromatic heterocycles. The molecule has 2 aromatic carbocycles. The normalized spacial score (nSPS) is 14.2. The van der Waals surface area contributed by atoms with Gasteiger partial charge in [0, 0.05) is 79.8 Å². The van der Waals surface area contributed by atoms with Crippen molar-refractivity contribution in [1.82, 2.24) is 59.3 Å². The van der Waals surface area contributed by atoms with Crippen LogP contribution in [0.15, 0.2) is 124 Å². The highest BCUT2D eigenvalue weighted by molar-refractivity contribution is 9.10. The smallest absolute Gasteiger partial charge is 0.213 e. The maximum absolute atomic E-state index is 13.4. The highest BCUT2D eigenvalue weighted by atomic mass is 79.9. The lowest BCUT2D eigenvalue weighted by Gasteiger charge is -2.28. The number of aliphatic hydroxyl groups is 1. The van der Waals surface area contributed by atoms with Gasteiger partial charge in [-0.1, -0.05) is 22.4 Å². The molecule has 2 fully saturated rings. The zero-order chi connectivity index (χ0) is 48.0. The van der Waals surface area contributed by atoms with E-state index < -0.39 is 5.60 Å².